The summed E-state index contributed by atoms with van der Waals surface area (Å²) in [5, 5.41) is 2.66. The Kier molecular flexibility index (Phi) is 5.19. The number of aromatic nitrogens is 3. The molecule has 4 rings (SSSR count). The van der Waals surface area contributed by atoms with Crippen LogP contribution in [-0.2, 0) is 0 Å². The molecule has 0 saturated carbocycles. The first-order chi connectivity index (χ1) is 14.1. The van der Waals surface area contributed by atoms with Crippen molar-refractivity contribution in [2.24, 2.45) is 0 Å². The number of benzene rings is 1. The lowest BCUT2D eigenvalue weighted by atomic mass is 10.2. The molecule has 29 heavy (non-hydrogen) atoms. The molecule has 0 radical (unpaired) electrons. The summed E-state index contributed by atoms with van der Waals surface area (Å²) in [5.41, 5.74) is 6.64. The number of pyridine rings is 1. The highest BCUT2D eigenvalue weighted by atomic mass is 19.1. The average Bonchev–Trinajstić information content (AvgIpc) is 2.76. The first-order valence-corrected chi connectivity index (χ1v) is 9.20. The molecular formula is C20H20FN7O. The van der Waals surface area contributed by atoms with Crippen LogP contribution >= 0.6 is 0 Å². The normalized spacial score (nSPS) is 14.0. The number of anilines is 4. The second-order valence-electron chi connectivity index (χ2n) is 6.59. The number of amides is 1. The molecule has 0 aliphatic carbocycles. The molecule has 148 valence electrons. The fourth-order valence-electron chi connectivity index (χ4n) is 3.12. The van der Waals surface area contributed by atoms with Crippen molar-refractivity contribution in [2.45, 2.75) is 0 Å². The summed E-state index contributed by atoms with van der Waals surface area (Å²) in [7, 11) is 0. The van der Waals surface area contributed by atoms with Crippen LogP contribution in [0, 0.1) is 5.82 Å². The second-order valence-corrected chi connectivity index (χ2v) is 6.59. The van der Waals surface area contributed by atoms with Crippen molar-refractivity contribution in [1.82, 2.24) is 15.0 Å². The van der Waals surface area contributed by atoms with E-state index < -0.39 is 5.91 Å². The Morgan fingerprint density at radius 1 is 1.00 bits per heavy atom. The van der Waals surface area contributed by atoms with Crippen molar-refractivity contribution in [3.05, 3.63) is 66.2 Å². The third-order valence-electron chi connectivity index (χ3n) is 4.69. The summed E-state index contributed by atoms with van der Waals surface area (Å²) in [6.45, 7) is 3.01. The van der Waals surface area contributed by atoms with Crippen LogP contribution in [-0.4, -0.2) is 47.0 Å². The monoisotopic (exact) mass is 393 g/mol. The quantitative estimate of drug-likeness (QED) is 0.701. The molecule has 3 aromatic rings. The van der Waals surface area contributed by atoms with Gasteiger partial charge < -0.3 is 20.9 Å². The highest BCUT2D eigenvalue weighted by Crippen LogP contribution is 2.19. The van der Waals surface area contributed by atoms with E-state index in [1.807, 2.05) is 23.1 Å². The molecule has 1 saturated heterocycles. The summed E-state index contributed by atoms with van der Waals surface area (Å²) < 4.78 is 13.0. The highest BCUT2D eigenvalue weighted by Gasteiger charge is 2.21. The van der Waals surface area contributed by atoms with Crippen LogP contribution in [0.1, 0.15) is 10.4 Å². The summed E-state index contributed by atoms with van der Waals surface area (Å²) in [4.78, 5) is 29.6. The summed E-state index contributed by atoms with van der Waals surface area (Å²) in [6, 6.07) is 11.3. The van der Waals surface area contributed by atoms with Gasteiger partial charge in [0, 0.05) is 44.3 Å². The van der Waals surface area contributed by atoms with Crippen molar-refractivity contribution < 1.29 is 9.18 Å². The predicted octanol–water partition coefficient (Wildman–Crippen LogP) is 2.17. The molecular weight excluding hydrogens is 373 g/mol. The maximum absolute atomic E-state index is 13.0. The van der Waals surface area contributed by atoms with Crippen LogP contribution in [0.4, 0.5) is 27.7 Å². The Labute approximate surface area is 167 Å². The molecule has 2 aromatic heterocycles. The van der Waals surface area contributed by atoms with E-state index in [0.29, 0.717) is 11.6 Å². The Bertz CT molecular complexity index is 989. The molecule has 8 nitrogen and oxygen atoms in total. The van der Waals surface area contributed by atoms with Gasteiger partial charge in [0.25, 0.3) is 5.91 Å². The molecule has 9 heteroatoms. The zero-order valence-corrected chi connectivity index (χ0v) is 15.6. The minimum Gasteiger partial charge on any atom is -0.383 e. The van der Waals surface area contributed by atoms with Gasteiger partial charge in [-0.2, -0.15) is 4.98 Å². The third-order valence-corrected chi connectivity index (χ3v) is 4.69. The Hall–Kier alpha value is -3.75. The van der Waals surface area contributed by atoms with Crippen LogP contribution in [0.2, 0.25) is 0 Å². The van der Waals surface area contributed by atoms with Crippen LogP contribution in [0.25, 0.3) is 0 Å². The van der Waals surface area contributed by atoms with Crippen molar-refractivity contribution >= 4 is 29.2 Å². The van der Waals surface area contributed by atoms with Crippen molar-refractivity contribution in [1.29, 1.82) is 0 Å². The topological polar surface area (TPSA) is 100 Å². The molecule has 1 aliphatic rings. The highest BCUT2D eigenvalue weighted by molar-refractivity contribution is 6.07. The van der Waals surface area contributed by atoms with E-state index in [4.69, 9.17) is 5.73 Å². The van der Waals surface area contributed by atoms with Crippen molar-refractivity contribution in [3.63, 3.8) is 0 Å². The van der Waals surface area contributed by atoms with E-state index in [9.17, 15) is 9.18 Å². The smallest absolute Gasteiger partial charge is 0.260 e. The summed E-state index contributed by atoms with van der Waals surface area (Å²) in [6.07, 6.45) is 3.20. The van der Waals surface area contributed by atoms with E-state index in [2.05, 4.69) is 25.2 Å². The van der Waals surface area contributed by atoms with Gasteiger partial charge in [-0.05, 0) is 36.4 Å². The fraction of sp³-hybridized carbons (Fsp3) is 0.200. The van der Waals surface area contributed by atoms with E-state index in [0.717, 1.165) is 32.0 Å². The molecule has 3 heterocycles. The van der Waals surface area contributed by atoms with Crippen LogP contribution in [0.15, 0.2) is 54.9 Å². The number of hydrogen-bond donors (Lipinski definition) is 2. The minimum atomic E-state index is -0.444. The standard InChI is InChI=1S/C20H20FN7O/c21-14-4-6-15(7-5-14)25-19(29)16-13-24-20(26-18(16)22)28-11-9-27(10-12-28)17-3-1-2-8-23-17/h1-8,13H,9-12H2,(H,25,29)(H2,22,24,26). The molecule has 3 N–H and O–H groups in total. The largest absolute Gasteiger partial charge is 0.383 e. The summed E-state index contributed by atoms with van der Waals surface area (Å²) >= 11 is 0. The van der Waals surface area contributed by atoms with Crippen LogP contribution in [0.3, 0.4) is 0 Å². The lowest BCUT2D eigenvalue weighted by molar-refractivity contribution is 0.102. The fourth-order valence-corrected chi connectivity index (χ4v) is 3.12. The number of carbonyl (C=O) groups excluding carboxylic acids is 1. The van der Waals surface area contributed by atoms with Crippen molar-refractivity contribution in [3.8, 4) is 0 Å². The zero-order valence-electron chi connectivity index (χ0n) is 15.6. The number of nitrogens with one attached hydrogen (secondary N) is 1. The van der Waals surface area contributed by atoms with Gasteiger partial charge in [-0.15, -0.1) is 0 Å². The third kappa shape index (κ3) is 4.23. The first kappa shape index (κ1) is 18.6. The zero-order chi connectivity index (χ0) is 20.2. The van der Waals surface area contributed by atoms with Crippen LogP contribution in [0.5, 0.6) is 0 Å². The molecule has 0 atom stereocenters. The number of nitrogens with zero attached hydrogens (tertiary/aromatic N) is 5. The maximum Gasteiger partial charge on any atom is 0.260 e. The van der Waals surface area contributed by atoms with Gasteiger partial charge >= 0.3 is 0 Å². The summed E-state index contributed by atoms with van der Waals surface area (Å²) in [5.74, 6) is 0.711. The lowest BCUT2D eigenvalue weighted by Gasteiger charge is -2.35. The van der Waals surface area contributed by atoms with Gasteiger partial charge in [0.1, 0.15) is 23.0 Å². The molecule has 1 fully saturated rings. The number of nitrogens with two attached hydrogens (primary N) is 1. The Balaban J connectivity index is 1.41. The maximum atomic E-state index is 13.0. The predicted molar refractivity (Wildman–Crippen MR) is 109 cm³/mol. The second kappa shape index (κ2) is 8.09. The minimum absolute atomic E-state index is 0.0989. The molecule has 0 unspecified atom stereocenters. The number of rotatable bonds is 4. The SMILES string of the molecule is Nc1nc(N2CCN(c3ccccn3)CC2)ncc1C(=O)Nc1ccc(F)cc1. The number of hydrogen-bond acceptors (Lipinski definition) is 7. The Morgan fingerprint density at radius 3 is 2.38 bits per heavy atom. The number of carbonyl (C=O) groups is 1. The number of piperazine rings is 1. The first-order valence-electron chi connectivity index (χ1n) is 9.20. The number of halogens is 1. The molecule has 1 aromatic carbocycles. The van der Waals surface area contributed by atoms with Gasteiger partial charge in [0.05, 0.1) is 0 Å². The van der Waals surface area contributed by atoms with Crippen LogP contribution < -0.4 is 20.9 Å². The van der Waals surface area contributed by atoms with E-state index >= 15 is 0 Å². The average molecular weight is 393 g/mol. The molecule has 1 aliphatic heterocycles. The van der Waals surface area contributed by atoms with Gasteiger partial charge in [-0.25, -0.2) is 14.4 Å². The molecule has 1 amide bonds. The molecule has 0 spiro atoms. The van der Waals surface area contributed by atoms with E-state index in [-0.39, 0.29) is 17.2 Å². The Morgan fingerprint density at radius 2 is 1.72 bits per heavy atom. The van der Waals surface area contributed by atoms with E-state index in [1.54, 1.807) is 6.20 Å². The van der Waals surface area contributed by atoms with Gasteiger partial charge in [-0.1, -0.05) is 6.07 Å². The van der Waals surface area contributed by atoms with Gasteiger partial charge in [0.2, 0.25) is 5.95 Å². The number of nitrogen functional groups attached to an aromatic ring is 1. The van der Waals surface area contributed by atoms with Gasteiger partial charge in [-0.3, -0.25) is 4.79 Å². The van der Waals surface area contributed by atoms with Gasteiger partial charge in [0.15, 0.2) is 0 Å². The van der Waals surface area contributed by atoms with E-state index in [1.165, 1.54) is 30.5 Å². The van der Waals surface area contributed by atoms with Crippen molar-refractivity contribution in [2.75, 3.05) is 47.0 Å². The molecule has 0 bridgehead atoms. The lowest BCUT2D eigenvalue weighted by Crippen LogP contribution is -2.47.